The topological polar surface area (TPSA) is 74.4 Å². The Hall–Kier alpha value is -2.44. The first-order valence-electron chi connectivity index (χ1n) is 8.49. The van der Waals surface area contributed by atoms with E-state index in [1.807, 2.05) is 12.1 Å². The molecule has 0 bridgehead atoms. The van der Waals surface area contributed by atoms with E-state index in [4.69, 9.17) is 4.74 Å². The van der Waals surface area contributed by atoms with Crippen molar-refractivity contribution in [1.29, 1.82) is 0 Å². The standard InChI is InChI=1S/C19H23N3O3/c1-14-12-22(7-8-25-14)13-16-4-2-3-15(9-16)10-21-19(24)17-5-6-18(23)20-11-17/h2-6,9,11,14H,7-8,10,12-13H2,1H3,(H,20,23)(H,21,24)/t14-/m0/s1. The van der Waals surface area contributed by atoms with E-state index in [-0.39, 0.29) is 17.6 Å². The zero-order valence-electron chi connectivity index (χ0n) is 14.3. The molecule has 1 amide bonds. The molecule has 3 rings (SSSR count). The predicted molar refractivity (Wildman–Crippen MR) is 95.4 cm³/mol. The van der Waals surface area contributed by atoms with Crippen LogP contribution in [0.5, 0.6) is 0 Å². The summed E-state index contributed by atoms with van der Waals surface area (Å²) in [5.74, 6) is -0.205. The highest BCUT2D eigenvalue weighted by atomic mass is 16.5. The number of aromatic nitrogens is 1. The van der Waals surface area contributed by atoms with E-state index in [9.17, 15) is 9.59 Å². The largest absolute Gasteiger partial charge is 0.376 e. The summed E-state index contributed by atoms with van der Waals surface area (Å²) in [4.78, 5) is 28.0. The summed E-state index contributed by atoms with van der Waals surface area (Å²) in [5, 5.41) is 2.88. The Balaban J connectivity index is 1.57. The molecule has 2 aromatic rings. The fraction of sp³-hybridized carbons (Fsp3) is 0.368. The molecule has 1 aromatic carbocycles. The SMILES string of the molecule is C[C@H]1CN(Cc2cccc(CNC(=O)c3ccc(=O)[nH]c3)c2)CCO1. The Bertz CT molecular complexity index is 767. The second-order valence-corrected chi connectivity index (χ2v) is 6.36. The Morgan fingerprint density at radius 2 is 2.16 bits per heavy atom. The molecule has 6 nitrogen and oxygen atoms in total. The summed E-state index contributed by atoms with van der Waals surface area (Å²) < 4.78 is 5.57. The first-order chi connectivity index (χ1) is 12.1. The van der Waals surface area contributed by atoms with Crippen molar-refractivity contribution in [3.05, 3.63) is 69.6 Å². The number of hydrogen-bond acceptors (Lipinski definition) is 4. The molecule has 0 saturated carbocycles. The van der Waals surface area contributed by atoms with Crippen molar-refractivity contribution in [2.45, 2.75) is 26.1 Å². The molecule has 0 aliphatic carbocycles. The Labute approximate surface area is 146 Å². The molecule has 1 aliphatic heterocycles. The minimum Gasteiger partial charge on any atom is -0.376 e. The molecule has 132 valence electrons. The van der Waals surface area contributed by atoms with Crippen molar-refractivity contribution < 1.29 is 9.53 Å². The number of hydrogen-bond donors (Lipinski definition) is 2. The van der Waals surface area contributed by atoms with Crippen LogP contribution in [0.15, 0.2) is 47.4 Å². The van der Waals surface area contributed by atoms with Crippen LogP contribution in [0.25, 0.3) is 0 Å². The Kier molecular flexibility index (Phi) is 5.63. The van der Waals surface area contributed by atoms with Crippen LogP contribution >= 0.6 is 0 Å². The summed E-state index contributed by atoms with van der Waals surface area (Å²) in [6.45, 7) is 6.08. The zero-order chi connectivity index (χ0) is 17.6. The third-order valence-corrected chi connectivity index (χ3v) is 4.22. The molecule has 1 aromatic heterocycles. The molecule has 0 radical (unpaired) electrons. The molecule has 2 N–H and O–H groups in total. The first-order valence-corrected chi connectivity index (χ1v) is 8.49. The van der Waals surface area contributed by atoms with Gasteiger partial charge < -0.3 is 15.0 Å². The third-order valence-electron chi connectivity index (χ3n) is 4.22. The van der Waals surface area contributed by atoms with Crippen LogP contribution in [-0.2, 0) is 17.8 Å². The second-order valence-electron chi connectivity index (χ2n) is 6.36. The van der Waals surface area contributed by atoms with E-state index in [0.717, 1.165) is 31.8 Å². The fourth-order valence-electron chi connectivity index (χ4n) is 2.97. The molecule has 1 fully saturated rings. The highest BCUT2D eigenvalue weighted by molar-refractivity contribution is 5.93. The first kappa shape index (κ1) is 17.4. The number of amides is 1. The van der Waals surface area contributed by atoms with Crippen molar-refractivity contribution in [2.75, 3.05) is 19.7 Å². The normalized spacial score (nSPS) is 18.0. The molecule has 0 spiro atoms. The lowest BCUT2D eigenvalue weighted by Gasteiger charge is -2.31. The average Bonchev–Trinajstić information content (AvgIpc) is 2.61. The van der Waals surface area contributed by atoms with Crippen LogP contribution in [0.3, 0.4) is 0 Å². The Morgan fingerprint density at radius 3 is 2.92 bits per heavy atom. The fourth-order valence-corrected chi connectivity index (χ4v) is 2.97. The van der Waals surface area contributed by atoms with Crippen molar-refractivity contribution in [3.8, 4) is 0 Å². The highest BCUT2D eigenvalue weighted by Crippen LogP contribution is 2.12. The maximum Gasteiger partial charge on any atom is 0.253 e. The summed E-state index contributed by atoms with van der Waals surface area (Å²) in [7, 11) is 0. The van der Waals surface area contributed by atoms with Gasteiger partial charge in [-0.15, -0.1) is 0 Å². The number of pyridine rings is 1. The number of rotatable bonds is 5. The van der Waals surface area contributed by atoms with Crippen molar-refractivity contribution >= 4 is 5.91 Å². The molecular weight excluding hydrogens is 318 g/mol. The predicted octanol–water partition coefficient (Wildman–Crippen LogP) is 1.53. The maximum atomic E-state index is 12.1. The molecule has 0 unspecified atom stereocenters. The van der Waals surface area contributed by atoms with Crippen LogP contribution in [0, 0.1) is 0 Å². The van der Waals surface area contributed by atoms with Gasteiger partial charge in [0.05, 0.1) is 18.3 Å². The van der Waals surface area contributed by atoms with E-state index in [1.54, 1.807) is 0 Å². The van der Waals surface area contributed by atoms with E-state index in [2.05, 4.69) is 34.3 Å². The van der Waals surface area contributed by atoms with Gasteiger partial charge in [0.2, 0.25) is 5.56 Å². The molecule has 6 heteroatoms. The molecule has 1 aliphatic rings. The van der Waals surface area contributed by atoms with Gasteiger partial charge in [-0.2, -0.15) is 0 Å². The molecule has 2 heterocycles. The van der Waals surface area contributed by atoms with Gasteiger partial charge in [0.1, 0.15) is 0 Å². The number of ether oxygens (including phenoxy) is 1. The van der Waals surface area contributed by atoms with Crippen molar-refractivity contribution in [2.24, 2.45) is 0 Å². The third kappa shape index (κ3) is 5.01. The molecule has 1 atom stereocenters. The van der Waals surface area contributed by atoms with Gasteiger partial charge in [0, 0.05) is 38.4 Å². The lowest BCUT2D eigenvalue weighted by atomic mass is 10.1. The smallest absolute Gasteiger partial charge is 0.253 e. The quantitative estimate of drug-likeness (QED) is 0.865. The number of benzene rings is 1. The monoisotopic (exact) mass is 341 g/mol. The maximum absolute atomic E-state index is 12.1. The molecular formula is C19H23N3O3. The van der Waals surface area contributed by atoms with Gasteiger partial charge in [0.15, 0.2) is 0 Å². The van der Waals surface area contributed by atoms with Crippen LogP contribution in [0.1, 0.15) is 28.4 Å². The van der Waals surface area contributed by atoms with Crippen molar-refractivity contribution in [1.82, 2.24) is 15.2 Å². The summed E-state index contributed by atoms with van der Waals surface area (Å²) in [5.41, 5.74) is 2.50. The summed E-state index contributed by atoms with van der Waals surface area (Å²) in [6.07, 6.45) is 1.70. The molecule has 25 heavy (non-hydrogen) atoms. The highest BCUT2D eigenvalue weighted by Gasteiger charge is 2.16. The van der Waals surface area contributed by atoms with E-state index in [1.165, 1.54) is 23.9 Å². The minimum atomic E-state index is -0.221. The van der Waals surface area contributed by atoms with Gasteiger partial charge in [-0.3, -0.25) is 14.5 Å². The number of carbonyl (C=O) groups excluding carboxylic acids is 1. The number of H-pyrrole nitrogens is 1. The summed E-state index contributed by atoms with van der Waals surface area (Å²) in [6, 6.07) is 11.1. The van der Waals surface area contributed by atoms with Gasteiger partial charge in [-0.1, -0.05) is 24.3 Å². The number of morpholine rings is 1. The van der Waals surface area contributed by atoms with Crippen LogP contribution < -0.4 is 10.9 Å². The van der Waals surface area contributed by atoms with Gasteiger partial charge in [0.25, 0.3) is 5.91 Å². The minimum absolute atomic E-state index is 0.205. The lowest BCUT2D eigenvalue weighted by Crippen LogP contribution is -2.40. The average molecular weight is 341 g/mol. The lowest BCUT2D eigenvalue weighted by molar-refractivity contribution is -0.0212. The zero-order valence-corrected chi connectivity index (χ0v) is 14.3. The van der Waals surface area contributed by atoms with Gasteiger partial charge in [-0.05, 0) is 24.1 Å². The number of carbonyl (C=O) groups is 1. The van der Waals surface area contributed by atoms with Crippen LogP contribution in [0.4, 0.5) is 0 Å². The number of nitrogens with one attached hydrogen (secondary N) is 2. The van der Waals surface area contributed by atoms with E-state index >= 15 is 0 Å². The second kappa shape index (κ2) is 8.09. The van der Waals surface area contributed by atoms with E-state index in [0.29, 0.717) is 12.1 Å². The summed E-state index contributed by atoms with van der Waals surface area (Å²) >= 11 is 0. The number of aromatic amines is 1. The van der Waals surface area contributed by atoms with Crippen LogP contribution in [0.2, 0.25) is 0 Å². The van der Waals surface area contributed by atoms with Gasteiger partial charge >= 0.3 is 0 Å². The van der Waals surface area contributed by atoms with Crippen molar-refractivity contribution in [3.63, 3.8) is 0 Å². The van der Waals surface area contributed by atoms with Crippen LogP contribution in [-0.4, -0.2) is 41.6 Å². The Morgan fingerprint density at radius 1 is 1.32 bits per heavy atom. The van der Waals surface area contributed by atoms with Gasteiger partial charge in [-0.25, -0.2) is 0 Å². The number of nitrogens with zero attached hydrogens (tertiary/aromatic N) is 1. The van der Waals surface area contributed by atoms with E-state index < -0.39 is 0 Å². The molecule has 1 saturated heterocycles.